The second-order valence-electron chi connectivity index (χ2n) is 10.4. The zero-order chi connectivity index (χ0) is 29.6. The lowest BCUT2D eigenvalue weighted by Gasteiger charge is -2.33. The largest absolute Gasteiger partial charge is 0.494 e. The van der Waals surface area contributed by atoms with Crippen LogP contribution < -0.4 is 24.3 Å². The zero-order valence-corrected chi connectivity index (χ0v) is 23.7. The van der Waals surface area contributed by atoms with Gasteiger partial charge in [-0.05, 0) is 32.9 Å². The summed E-state index contributed by atoms with van der Waals surface area (Å²) in [5.74, 6) is -0.887. The summed E-state index contributed by atoms with van der Waals surface area (Å²) in [5.41, 5.74) is -0.162. The molecule has 1 amide bonds. The minimum absolute atomic E-state index is 0.0316. The summed E-state index contributed by atoms with van der Waals surface area (Å²) >= 11 is 0. The van der Waals surface area contributed by atoms with Gasteiger partial charge in [-0.15, -0.1) is 0 Å². The molecule has 1 N–H and O–H groups in total. The molecule has 0 spiro atoms. The molecule has 2 heterocycles. The highest BCUT2D eigenvalue weighted by atomic mass is 19.1. The number of likely N-dealkylation sites (tertiary alicyclic amines) is 1. The van der Waals surface area contributed by atoms with Crippen molar-refractivity contribution in [1.29, 1.82) is 0 Å². The lowest BCUT2D eigenvalue weighted by Crippen LogP contribution is -2.44. The molecule has 12 heteroatoms. The third-order valence-corrected chi connectivity index (χ3v) is 6.16. The molecule has 1 saturated heterocycles. The van der Waals surface area contributed by atoms with Gasteiger partial charge < -0.3 is 33.9 Å². The van der Waals surface area contributed by atoms with E-state index in [0.29, 0.717) is 43.3 Å². The maximum Gasteiger partial charge on any atom is 0.410 e. The van der Waals surface area contributed by atoms with Crippen LogP contribution in [-0.2, 0) is 11.3 Å². The number of rotatable bonds is 9. The molecule has 10 nitrogen and oxygen atoms in total. The Bertz CT molecular complexity index is 1310. The molecular weight excluding hydrogens is 538 g/mol. The smallest absolute Gasteiger partial charge is 0.410 e. The summed E-state index contributed by atoms with van der Waals surface area (Å²) < 4.78 is 56.1. The standard InChI is InChI=1S/C29H34F2N4O6/c1-29(2,3)41-28(36)35-11-9-19(10-12-35)40-20-8-6-7-18(13-20)34-27-32-15-21(16-33-27)39-17-22-25(30)23(37-4)14-24(38-5)26(22)31/h6-8,13-16,19H,9-12,17H2,1-5H3,(H,32,33,34). The number of piperidine rings is 1. The molecule has 0 atom stereocenters. The number of methoxy groups -OCH3 is 2. The number of carbonyl (C=O) groups is 1. The quantitative estimate of drug-likeness (QED) is 0.337. The summed E-state index contributed by atoms with van der Waals surface area (Å²) in [5, 5.41) is 3.09. The second kappa shape index (κ2) is 12.9. The number of aromatic nitrogens is 2. The van der Waals surface area contributed by atoms with Crippen LogP contribution in [0.15, 0.2) is 42.7 Å². The Morgan fingerprint density at radius 1 is 1.00 bits per heavy atom. The van der Waals surface area contributed by atoms with Crippen molar-refractivity contribution < 1.29 is 37.3 Å². The number of anilines is 2. The maximum absolute atomic E-state index is 14.6. The fourth-order valence-corrected chi connectivity index (χ4v) is 4.13. The molecule has 220 valence electrons. The third-order valence-electron chi connectivity index (χ3n) is 6.16. The van der Waals surface area contributed by atoms with Gasteiger partial charge >= 0.3 is 6.09 Å². The van der Waals surface area contributed by atoms with Crippen LogP contribution in [0.1, 0.15) is 39.2 Å². The predicted octanol–water partition coefficient (Wildman–Crippen LogP) is 5.87. The van der Waals surface area contributed by atoms with Crippen LogP contribution in [0, 0.1) is 11.6 Å². The van der Waals surface area contributed by atoms with E-state index in [9.17, 15) is 13.6 Å². The topological polar surface area (TPSA) is 104 Å². The van der Waals surface area contributed by atoms with Crippen molar-refractivity contribution in [3.63, 3.8) is 0 Å². The van der Waals surface area contributed by atoms with Gasteiger partial charge in [-0.1, -0.05) is 6.07 Å². The highest BCUT2D eigenvalue weighted by molar-refractivity contribution is 5.68. The number of hydrogen-bond donors (Lipinski definition) is 1. The Kier molecular flexibility index (Phi) is 9.31. The molecule has 2 aromatic carbocycles. The Morgan fingerprint density at radius 3 is 2.22 bits per heavy atom. The van der Waals surface area contributed by atoms with Crippen LogP contribution in [-0.4, -0.2) is 60.0 Å². The van der Waals surface area contributed by atoms with Gasteiger partial charge in [0.2, 0.25) is 5.95 Å². The summed E-state index contributed by atoms with van der Waals surface area (Å²) in [6.45, 7) is 6.25. The maximum atomic E-state index is 14.6. The highest BCUT2D eigenvalue weighted by Gasteiger charge is 2.27. The first-order valence-corrected chi connectivity index (χ1v) is 13.1. The fraction of sp³-hybridized carbons (Fsp3) is 0.414. The number of nitrogens with zero attached hydrogens (tertiary/aromatic N) is 3. The van der Waals surface area contributed by atoms with Crippen molar-refractivity contribution in [2.45, 2.75) is 51.9 Å². The minimum Gasteiger partial charge on any atom is -0.494 e. The van der Waals surface area contributed by atoms with E-state index in [1.165, 1.54) is 26.6 Å². The van der Waals surface area contributed by atoms with Crippen LogP contribution in [0.3, 0.4) is 0 Å². The number of benzene rings is 2. The zero-order valence-electron chi connectivity index (χ0n) is 23.7. The van der Waals surface area contributed by atoms with E-state index in [2.05, 4.69) is 15.3 Å². The normalized spacial score (nSPS) is 13.9. The first-order valence-electron chi connectivity index (χ1n) is 13.1. The Hall–Kier alpha value is -4.35. The molecule has 1 aromatic heterocycles. The van der Waals surface area contributed by atoms with E-state index < -0.39 is 23.8 Å². The highest BCUT2D eigenvalue weighted by Crippen LogP contribution is 2.32. The van der Waals surface area contributed by atoms with Gasteiger partial charge in [0.1, 0.15) is 24.1 Å². The SMILES string of the molecule is COc1cc(OC)c(F)c(COc2cnc(Nc3cccc(OC4CCN(C(=O)OC(C)(C)C)CC4)c3)nc2)c1F. The van der Waals surface area contributed by atoms with Gasteiger partial charge in [0.25, 0.3) is 0 Å². The number of ether oxygens (including phenoxy) is 5. The van der Waals surface area contributed by atoms with E-state index in [1.807, 2.05) is 45.0 Å². The number of carbonyl (C=O) groups excluding carboxylic acids is 1. The first-order chi connectivity index (χ1) is 19.6. The van der Waals surface area contributed by atoms with Crippen molar-refractivity contribution in [3.05, 3.63) is 59.9 Å². The lowest BCUT2D eigenvalue weighted by molar-refractivity contribution is 0.0126. The van der Waals surface area contributed by atoms with Crippen molar-refractivity contribution in [2.24, 2.45) is 0 Å². The lowest BCUT2D eigenvalue weighted by atomic mass is 10.1. The predicted molar refractivity (Wildman–Crippen MR) is 147 cm³/mol. The molecule has 0 saturated carbocycles. The van der Waals surface area contributed by atoms with Crippen LogP contribution in [0.4, 0.5) is 25.2 Å². The molecule has 1 aliphatic heterocycles. The Morgan fingerprint density at radius 2 is 1.63 bits per heavy atom. The molecule has 41 heavy (non-hydrogen) atoms. The number of halogens is 2. The average Bonchev–Trinajstić information content (AvgIpc) is 2.94. The molecule has 3 aromatic rings. The first kappa shape index (κ1) is 29.6. The van der Waals surface area contributed by atoms with Gasteiger partial charge in [-0.3, -0.25) is 0 Å². The molecular formula is C29H34F2N4O6. The average molecular weight is 573 g/mol. The second-order valence-corrected chi connectivity index (χ2v) is 10.4. The van der Waals surface area contributed by atoms with Crippen LogP contribution in [0.2, 0.25) is 0 Å². The van der Waals surface area contributed by atoms with Crippen LogP contribution in [0.25, 0.3) is 0 Å². The number of nitrogens with one attached hydrogen (secondary N) is 1. The van der Waals surface area contributed by atoms with Crippen molar-refractivity contribution in [2.75, 3.05) is 32.6 Å². The van der Waals surface area contributed by atoms with Gasteiger partial charge in [-0.25, -0.2) is 23.5 Å². The van der Waals surface area contributed by atoms with Gasteiger partial charge in [0.05, 0.1) is 32.2 Å². The van der Waals surface area contributed by atoms with E-state index in [4.69, 9.17) is 23.7 Å². The third kappa shape index (κ3) is 7.86. The van der Waals surface area contributed by atoms with E-state index >= 15 is 0 Å². The Labute approximate surface area is 237 Å². The fourth-order valence-electron chi connectivity index (χ4n) is 4.13. The van der Waals surface area contributed by atoms with Crippen LogP contribution >= 0.6 is 0 Å². The monoisotopic (exact) mass is 572 g/mol. The van der Waals surface area contributed by atoms with E-state index in [1.54, 1.807) is 4.90 Å². The summed E-state index contributed by atoms with van der Waals surface area (Å²) in [6.07, 6.45) is 3.83. The molecule has 0 aliphatic carbocycles. The van der Waals surface area contributed by atoms with Gasteiger partial charge in [0.15, 0.2) is 28.9 Å². The van der Waals surface area contributed by atoms with Gasteiger partial charge in [-0.2, -0.15) is 0 Å². The Balaban J connectivity index is 1.31. The number of amides is 1. The minimum atomic E-state index is -0.874. The molecule has 1 aliphatic rings. The molecule has 0 unspecified atom stereocenters. The van der Waals surface area contributed by atoms with E-state index in [-0.39, 0.29) is 35.0 Å². The van der Waals surface area contributed by atoms with Crippen molar-refractivity contribution >= 4 is 17.7 Å². The van der Waals surface area contributed by atoms with Crippen molar-refractivity contribution in [1.82, 2.24) is 14.9 Å². The van der Waals surface area contributed by atoms with Gasteiger partial charge in [0, 0.05) is 43.8 Å². The van der Waals surface area contributed by atoms with Crippen LogP contribution in [0.5, 0.6) is 23.0 Å². The summed E-state index contributed by atoms with van der Waals surface area (Å²) in [7, 11) is 2.55. The van der Waals surface area contributed by atoms with Crippen molar-refractivity contribution in [3.8, 4) is 23.0 Å². The molecule has 1 fully saturated rings. The molecule has 4 rings (SSSR count). The van der Waals surface area contributed by atoms with E-state index in [0.717, 1.165) is 6.07 Å². The molecule has 0 radical (unpaired) electrons. The molecule has 0 bridgehead atoms. The summed E-state index contributed by atoms with van der Waals surface area (Å²) in [4.78, 5) is 22.4. The summed E-state index contributed by atoms with van der Waals surface area (Å²) in [6, 6.07) is 8.50. The number of hydrogen-bond acceptors (Lipinski definition) is 9.